The summed E-state index contributed by atoms with van der Waals surface area (Å²) >= 11 is 0. The summed E-state index contributed by atoms with van der Waals surface area (Å²) in [7, 11) is 2.20. The molecule has 1 heterocycles. The quantitative estimate of drug-likeness (QED) is 0.462. The van der Waals surface area contributed by atoms with Gasteiger partial charge in [-0.3, -0.25) is 0 Å². The highest BCUT2D eigenvalue weighted by molar-refractivity contribution is 6.43. The topological polar surface area (TPSA) is 95.3 Å². The first-order chi connectivity index (χ1) is 10.3. The number of aromatic nitrogens is 2. The molecule has 1 aromatic heterocycles. The van der Waals surface area contributed by atoms with Crippen LogP contribution in [-0.2, 0) is 20.5 Å². The number of rotatable bonds is 5. The van der Waals surface area contributed by atoms with Gasteiger partial charge in [-0.15, -0.1) is 0 Å². The summed E-state index contributed by atoms with van der Waals surface area (Å²) in [6, 6.07) is 0. The van der Waals surface area contributed by atoms with Crippen molar-refractivity contribution in [1.29, 1.82) is 0 Å². The molecule has 0 amide bonds. The van der Waals surface area contributed by atoms with Crippen molar-refractivity contribution in [3.63, 3.8) is 0 Å². The Kier molecular flexibility index (Phi) is 5.78. The fourth-order valence-corrected chi connectivity index (χ4v) is 1.22. The van der Waals surface area contributed by atoms with E-state index in [0.717, 1.165) is 14.2 Å². The van der Waals surface area contributed by atoms with Gasteiger partial charge in [-0.1, -0.05) is 10.3 Å². The van der Waals surface area contributed by atoms with Crippen molar-refractivity contribution in [3.05, 3.63) is 17.6 Å². The number of carbonyl (C=O) groups is 1. The Morgan fingerprint density at radius 1 is 1.36 bits per heavy atom. The van der Waals surface area contributed by atoms with Crippen LogP contribution in [0.1, 0.15) is 18.3 Å². The molecule has 11 heteroatoms. The first-order valence-corrected chi connectivity index (χ1v) is 5.64. The number of ether oxygens (including phenoxy) is 1. The van der Waals surface area contributed by atoms with Crippen molar-refractivity contribution in [1.82, 2.24) is 9.97 Å². The van der Waals surface area contributed by atoms with E-state index in [1.54, 1.807) is 0 Å². The van der Waals surface area contributed by atoms with Gasteiger partial charge in [0.05, 0.1) is 12.7 Å². The highest BCUT2D eigenvalue weighted by Crippen LogP contribution is 2.28. The minimum absolute atomic E-state index is 0.271. The Morgan fingerprint density at radius 2 is 2.05 bits per heavy atom. The summed E-state index contributed by atoms with van der Waals surface area (Å²) in [5, 5.41) is 6.70. The number of esters is 1. The first-order valence-electron chi connectivity index (χ1n) is 5.64. The van der Waals surface area contributed by atoms with Crippen LogP contribution in [0.2, 0.25) is 0 Å². The van der Waals surface area contributed by atoms with Gasteiger partial charge in [0, 0.05) is 12.4 Å². The maximum Gasteiger partial charge on any atom is 0.451 e. The predicted molar refractivity (Wildman–Crippen MR) is 67.4 cm³/mol. The Bertz CT molecular complexity index is 601. The van der Waals surface area contributed by atoms with Crippen LogP contribution in [0.15, 0.2) is 16.5 Å². The molecule has 22 heavy (non-hydrogen) atoms. The monoisotopic (exact) mass is 320 g/mol. The second-order valence-corrected chi connectivity index (χ2v) is 3.48. The largest absolute Gasteiger partial charge is 0.464 e. The third-order valence-corrected chi connectivity index (χ3v) is 2.07. The van der Waals surface area contributed by atoms with Crippen LogP contribution >= 0.6 is 0 Å². The molecule has 0 N–H and O–H groups in total. The van der Waals surface area contributed by atoms with Crippen molar-refractivity contribution in [2.45, 2.75) is 13.1 Å². The lowest BCUT2D eigenvalue weighted by Crippen LogP contribution is -2.21. The van der Waals surface area contributed by atoms with E-state index in [4.69, 9.17) is 4.84 Å². The highest BCUT2D eigenvalue weighted by atomic mass is 19.4. The number of alkyl halides is 3. The van der Waals surface area contributed by atoms with Gasteiger partial charge < -0.3 is 14.4 Å². The maximum atomic E-state index is 12.6. The maximum absolute atomic E-state index is 12.6. The van der Waals surface area contributed by atoms with Gasteiger partial charge in [0.1, 0.15) is 7.11 Å². The Labute approximate surface area is 122 Å². The standard InChI is InChI=1S/C11H11F3N4O4/c1-4-16-22-8-6(7(18-21-3)9(19)20-2)5-15-10(17-8)11(12,13)14/h4-5H,1-3H3/b16-4?,18-7+. The average Bonchev–Trinajstić information content (AvgIpc) is 2.48. The Morgan fingerprint density at radius 3 is 2.55 bits per heavy atom. The van der Waals surface area contributed by atoms with Crippen molar-refractivity contribution in [3.8, 4) is 5.88 Å². The van der Waals surface area contributed by atoms with Crippen molar-refractivity contribution in [2.75, 3.05) is 14.2 Å². The van der Waals surface area contributed by atoms with Gasteiger partial charge in [0.25, 0.3) is 5.88 Å². The molecule has 0 fully saturated rings. The summed E-state index contributed by atoms with van der Waals surface area (Å²) in [6.45, 7) is 1.47. The molecule has 1 aromatic rings. The van der Waals surface area contributed by atoms with Gasteiger partial charge in [0.2, 0.25) is 11.5 Å². The lowest BCUT2D eigenvalue weighted by Gasteiger charge is -2.10. The van der Waals surface area contributed by atoms with Crippen LogP contribution in [0.3, 0.4) is 0 Å². The van der Waals surface area contributed by atoms with Crippen LogP contribution in [0.4, 0.5) is 13.2 Å². The van der Waals surface area contributed by atoms with Crippen molar-refractivity contribution < 1.29 is 32.4 Å². The zero-order chi connectivity index (χ0) is 16.8. The second-order valence-electron chi connectivity index (χ2n) is 3.48. The number of nitrogens with zero attached hydrogens (tertiary/aromatic N) is 4. The number of hydrogen-bond acceptors (Lipinski definition) is 8. The van der Waals surface area contributed by atoms with Crippen LogP contribution in [-0.4, -0.2) is 42.1 Å². The summed E-state index contributed by atoms with van der Waals surface area (Å²) in [5.74, 6) is -3.06. The zero-order valence-electron chi connectivity index (χ0n) is 11.7. The average molecular weight is 320 g/mol. The number of oxime groups is 2. The fraction of sp³-hybridized carbons (Fsp3) is 0.364. The molecule has 0 atom stereocenters. The minimum Gasteiger partial charge on any atom is -0.464 e. The predicted octanol–water partition coefficient (Wildman–Crippen LogP) is 1.40. The third kappa shape index (κ3) is 4.14. The summed E-state index contributed by atoms with van der Waals surface area (Å²) < 4.78 is 42.3. The zero-order valence-corrected chi connectivity index (χ0v) is 11.7. The van der Waals surface area contributed by atoms with Gasteiger partial charge in [-0.25, -0.2) is 9.78 Å². The first kappa shape index (κ1) is 17.3. The molecule has 1 rings (SSSR count). The van der Waals surface area contributed by atoms with Gasteiger partial charge in [-0.2, -0.15) is 18.2 Å². The van der Waals surface area contributed by atoms with E-state index in [9.17, 15) is 18.0 Å². The Hall–Kier alpha value is -2.72. The molecule has 8 nitrogen and oxygen atoms in total. The van der Waals surface area contributed by atoms with E-state index in [1.165, 1.54) is 13.1 Å². The van der Waals surface area contributed by atoms with Crippen molar-refractivity contribution in [2.24, 2.45) is 10.3 Å². The minimum atomic E-state index is -4.80. The van der Waals surface area contributed by atoms with E-state index < -0.39 is 29.6 Å². The fourth-order valence-electron chi connectivity index (χ4n) is 1.22. The number of carbonyl (C=O) groups excluding carboxylic acids is 1. The lowest BCUT2D eigenvalue weighted by atomic mass is 10.2. The second kappa shape index (κ2) is 7.33. The van der Waals surface area contributed by atoms with E-state index in [-0.39, 0.29) is 5.56 Å². The number of hydrogen-bond donors (Lipinski definition) is 0. The van der Waals surface area contributed by atoms with Crippen molar-refractivity contribution >= 4 is 17.9 Å². The van der Waals surface area contributed by atoms with E-state index in [0.29, 0.717) is 6.20 Å². The van der Waals surface area contributed by atoms with Crippen LogP contribution in [0.5, 0.6) is 5.88 Å². The normalized spacial score (nSPS) is 12.4. The molecule has 0 aliphatic carbocycles. The SMILES string of the molecule is CC=NOc1nc(C(F)(F)F)ncc1/C(=N\OC)C(=O)OC. The number of halogens is 3. The number of methoxy groups -OCH3 is 1. The molecule has 0 spiro atoms. The Balaban J connectivity index is 3.44. The molecule has 0 radical (unpaired) electrons. The van der Waals surface area contributed by atoms with E-state index in [1.807, 2.05) is 0 Å². The van der Waals surface area contributed by atoms with E-state index >= 15 is 0 Å². The summed E-state index contributed by atoms with van der Waals surface area (Å²) in [4.78, 5) is 27.1. The molecular weight excluding hydrogens is 309 g/mol. The lowest BCUT2D eigenvalue weighted by molar-refractivity contribution is -0.145. The molecule has 0 saturated heterocycles. The van der Waals surface area contributed by atoms with Gasteiger partial charge in [0.15, 0.2) is 0 Å². The molecule has 0 bridgehead atoms. The van der Waals surface area contributed by atoms with Crippen LogP contribution in [0, 0.1) is 0 Å². The highest BCUT2D eigenvalue weighted by Gasteiger charge is 2.36. The molecular formula is C11H11F3N4O4. The van der Waals surface area contributed by atoms with Gasteiger partial charge in [-0.05, 0) is 6.92 Å². The summed E-state index contributed by atoms with van der Waals surface area (Å²) in [5.41, 5.74) is -0.743. The molecule has 120 valence electrons. The van der Waals surface area contributed by atoms with Crippen LogP contribution < -0.4 is 4.84 Å². The van der Waals surface area contributed by atoms with E-state index in [2.05, 4.69) is 29.9 Å². The smallest absolute Gasteiger partial charge is 0.451 e. The molecule has 0 aliphatic heterocycles. The van der Waals surface area contributed by atoms with Crippen LogP contribution in [0.25, 0.3) is 0 Å². The van der Waals surface area contributed by atoms with Gasteiger partial charge >= 0.3 is 12.1 Å². The molecule has 0 saturated carbocycles. The third-order valence-electron chi connectivity index (χ3n) is 2.07. The molecule has 0 aliphatic rings. The molecule has 0 aromatic carbocycles. The summed E-state index contributed by atoms with van der Waals surface area (Å²) in [6.07, 6.45) is -2.91. The molecule has 0 unspecified atom stereocenters.